The smallest absolute Gasteiger partial charge is 0.303 e. The number of aliphatic carboxylic acids is 1. The van der Waals surface area contributed by atoms with Gasteiger partial charge in [0, 0.05) is 19.4 Å². The molecule has 0 saturated heterocycles. The van der Waals surface area contributed by atoms with Crippen molar-refractivity contribution in [2.75, 3.05) is 6.54 Å². The van der Waals surface area contributed by atoms with Crippen LogP contribution in [0.4, 0.5) is 0 Å². The molecule has 5 nitrogen and oxygen atoms in total. The molecule has 0 spiro atoms. The van der Waals surface area contributed by atoms with E-state index >= 15 is 0 Å². The molecule has 1 aromatic heterocycles. The fraction of sp³-hybridized carbons (Fsp3) is 0.625. The molecule has 0 radical (unpaired) electrons. The van der Waals surface area contributed by atoms with E-state index in [9.17, 15) is 9.59 Å². The van der Waals surface area contributed by atoms with E-state index in [0.29, 0.717) is 19.4 Å². The van der Waals surface area contributed by atoms with Crippen molar-refractivity contribution >= 4 is 11.9 Å². The third kappa shape index (κ3) is 4.92. The minimum atomic E-state index is -0.805. The summed E-state index contributed by atoms with van der Waals surface area (Å²) in [5.41, 5.74) is -0.348. The Bertz CT molecular complexity index is 461. The molecule has 0 unspecified atom stereocenters. The lowest BCUT2D eigenvalue weighted by atomic mass is 9.69. The molecule has 1 amide bonds. The lowest BCUT2D eigenvalue weighted by Crippen LogP contribution is -2.35. The minimum Gasteiger partial charge on any atom is -0.481 e. The molecule has 1 aliphatic rings. The minimum absolute atomic E-state index is 0.0512. The summed E-state index contributed by atoms with van der Waals surface area (Å²) in [5.74, 6) is -0.0155. The summed E-state index contributed by atoms with van der Waals surface area (Å²) in [6, 6.07) is 3.69. The molecule has 2 rings (SSSR count). The van der Waals surface area contributed by atoms with Crippen molar-refractivity contribution in [2.24, 2.45) is 5.41 Å². The van der Waals surface area contributed by atoms with E-state index in [-0.39, 0.29) is 17.7 Å². The molecule has 0 aromatic carbocycles. The maximum atomic E-state index is 12.1. The Hall–Kier alpha value is -1.78. The normalized spacial score (nSPS) is 17.3. The first-order valence-electron chi connectivity index (χ1n) is 7.61. The molecular weight excluding hydrogens is 270 g/mol. The summed E-state index contributed by atoms with van der Waals surface area (Å²) in [7, 11) is 0. The molecule has 0 bridgehead atoms. The Morgan fingerprint density at radius 2 is 2.00 bits per heavy atom. The van der Waals surface area contributed by atoms with E-state index in [1.54, 1.807) is 6.26 Å². The van der Waals surface area contributed by atoms with Gasteiger partial charge in [-0.25, -0.2) is 0 Å². The second-order valence-corrected chi connectivity index (χ2v) is 5.99. The molecule has 116 valence electrons. The summed E-state index contributed by atoms with van der Waals surface area (Å²) in [4.78, 5) is 23.2. The molecule has 0 atom stereocenters. The van der Waals surface area contributed by atoms with Gasteiger partial charge in [0.15, 0.2) is 0 Å². The number of furan rings is 1. The van der Waals surface area contributed by atoms with Crippen molar-refractivity contribution in [1.29, 1.82) is 0 Å². The van der Waals surface area contributed by atoms with Crippen LogP contribution in [-0.4, -0.2) is 23.5 Å². The van der Waals surface area contributed by atoms with Crippen molar-refractivity contribution in [3.8, 4) is 0 Å². The molecule has 1 fully saturated rings. The highest BCUT2D eigenvalue weighted by molar-refractivity contribution is 5.78. The number of rotatable bonds is 7. The summed E-state index contributed by atoms with van der Waals surface area (Å²) < 4.78 is 5.21. The van der Waals surface area contributed by atoms with Crippen molar-refractivity contribution in [3.05, 3.63) is 24.2 Å². The Labute approximate surface area is 124 Å². The second-order valence-electron chi connectivity index (χ2n) is 5.99. The van der Waals surface area contributed by atoms with Gasteiger partial charge in [-0.2, -0.15) is 0 Å². The zero-order chi connectivity index (χ0) is 15.1. The topological polar surface area (TPSA) is 79.5 Å². The van der Waals surface area contributed by atoms with Crippen LogP contribution in [0.3, 0.4) is 0 Å². The lowest BCUT2D eigenvalue weighted by molar-refractivity contribution is -0.141. The molecule has 1 aliphatic carbocycles. The van der Waals surface area contributed by atoms with Crippen LogP contribution in [0.1, 0.15) is 50.7 Å². The molecule has 21 heavy (non-hydrogen) atoms. The standard InChI is InChI=1S/C16H23NO4/c18-14(17-9-6-13-5-4-10-21-13)11-16(12-15(19)20)7-2-1-3-8-16/h4-5,10H,1-3,6-9,11-12H2,(H,17,18)(H,19,20). The van der Waals surface area contributed by atoms with E-state index in [4.69, 9.17) is 9.52 Å². The van der Waals surface area contributed by atoms with Crippen LogP contribution in [0.25, 0.3) is 0 Å². The maximum Gasteiger partial charge on any atom is 0.303 e. The predicted octanol–water partition coefficient (Wildman–Crippen LogP) is 2.75. The largest absolute Gasteiger partial charge is 0.481 e. The third-order valence-corrected chi connectivity index (χ3v) is 4.25. The van der Waals surface area contributed by atoms with Crippen LogP contribution in [-0.2, 0) is 16.0 Å². The number of carboxylic acids is 1. The fourth-order valence-corrected chi connectivity index (χ4v) is 3.22. The molecule has 5 heteroatoms. The van der Waals surface area contributed by atoms with Gasteiger partial charge in [-0.1, -0.05) is 19.3 Å². The first-order valence-corrected chi connectivity index (χ1v) is 7.61. The summed E-state index contributed by atoms with van der Waals surface area (Å²) >= 11 is 0. The highest BCUT2D eigenvalue weighted by Gasteiger charge is 2.36. The first kappa shape index (κ1) is 15.6. The molecular formula is C16H23NO4. The SMILES string of the molecule is O=C(O)CC1(CC(=O)NCCc2ccco2)CCCCC1. The number of hydrogen-bond acceptors (Lipinski definition) is 3. The molecule has 1 heterocycles. The molecule has 1 saturated carbocycles. The Balaban J connectivity index is 1.81. The Kier molecular flexibility index (Phi) is 5.42. The van der Waals surface area contributed by atoms with E-state index < -0.39 is 5.97 Å². The summed E-state index contributed by atoms with van der Waals surface area (Å²) in [6.07, 6.45) is 7.54. The zero-order valence-electron chi connectivity index (χ0n) is 12.3. The van der Waals surface area contributed by atoms with Gasteiger partial charge in [-0.15, -0.1) is 0 Å². The second kappa shape index (κ2) is 7.29. The summed E-state index contributed by atoms with van der Waals surface area (Å²) in [6.45, 7) is 0.523. The van der Waals surface area contributed by atoms with E-state index in [1.165, 1.54) is 0 Å². The third-order valence-electron chi connectivity index (χ3n) is 4.25. The van der Waals surface area contributed by atoms with Gasteiger partial charge >= 0.3 is 5.97 Å². The van der Waals surface area contributed by atoms with Crippen LogP contribution in [0.2, 0.25) is 0 Å². The van der Waals surface area contributed by atoms with Gasteiger partial charge < -0.3 is 14.8 Å². The van der Waals surface area contributed by atoms with E-state index in [1.807, 2.05) is 12.1 Å². The number of carboxylic acid groups (broad SMARTS) is 1. The molecule has 1 aromatic rings. The van der Waals surface area contributed by atoms with Crippen molar-refractivity contribution in [2.45, 2.75) is 51.4 Å². The van der Waals surface area contributed by atoms with E-state index in [0.717, 1.165) is 37.9 Å². The molecule has 0 aliphatic heterocycles. The van der Waals surface area contributed by atoms with Crippen LogP contribution in [0.5, 0.6) is 0 Å². The van der Waals surface area contributed by atoms with Gasteiger partial charge in [-0.3, -0.25) is 9.59 Å². The Morgan fingerprint density at radius 1 is 1.24 bits per heavy atom. The predicted molar refractivity (Wildman–Crippen MR) is 77.8 cm³/mol. The number of nitrogens with one attached hydrogen (secondary N) is 1. The number of carbonyl (C=O) groups is 2. The van der Waals surface area contributed by atoms with Gasteiger partial charge in [0.25, 0.3) is 0 Å². The van der Waals surface area contributed by atoms with Crippen LogP contribution < -0.4 is 5.32 Å². The number of amides is 1. The number of carbonyl (C=O) groups excluding carboxylic acids is 1. The van der Waals surface area contributed by atoms with Gasteiger partial charge in [0.2, 0.25) is 5.91 Å². The van der Waals surface area contributed by atoms with Crippen LogP contribution >= 0.6 is 0 Å². The molecule has 2 N–H and O–H groups in total. The van der Waals surface area contributed by atoms with Gasteiger partial charge in [-0.05, 0) is 30.4 Å². The Morgan fingerprint density at radius 3 is 2.62 bits per heavy atom. The van der Waals surface area contributed by atoms with Gasteiger partial charge in [0.05, 0.1) is 12.7 Å². The lowest BCUT2D eigenvalue weighted by Gasteiger charge is -2.35. The monoisotopic (exact) mass is 293 g/mol. The van der Waals surface area contributed by atoms with Crippen molar-refractivity contribution < 1.29 is 19.1 Å². The number of hydrogen-bond donors (Lipinski definition) is 2. The van der Waals surface area contributed by atoms with Crippen LogP contribution in [0, 0.1) is 5.41 Å². The van der Waals surface area contributed by atoms with Gasteiger partial charge in [0.1, 0.15) is 5.76 Å². The highest BCUT2D eigenvalue weighted by atomic mass is 16.4. The average Bonchev–Trinajstić information content (AvgIpc) is 2.91. The first-order chi connectivity index (χ1) is 10.1. The van der Waals surface area contributed by atoms with Crippen LogP contribution in [0.15, 0.2) is 22.8 Å². The van der Waals surface area contributed by atoms with Crippen molar-refractivity contribution in [3.63, 3.8) is 0 Å². The van der Waals surface area contributed by atoms with E-state index in [2.05, 4.69) is 5.32 Å². The summed E-state index contributed by atoms with van der Waals surface area (Å²) in [5, 5.41) is 12.0. The quantitative estimate of drug-likeness (QED) is 0.810. The zero-order valence-corrected chi connectivity index (χ0v) is 12.3. The highest BCUT2D eigenvalue weighted by Crippen LogP contribution is 2.42. The fourth-order valence-electron chi connectivity index (χ4n) is 3.22. The van der Waals surface area contributed by atoms with Crippen molar-refractivity contribution in [1.82, 2.24) is 5.32 Å². The maximum absolute atomic E-state index is 12.1. The average molecular weight is 293 g/mol.